The van der Waals surface area contributed by atoms with Crippen LogP contribution in [0.15, 0.2) is 0 Å². The molecule has 0 radical (unpaired) electrons. The highest BCUT2D eigenvalue weighted by molar-refractivity contribution is 5.67. The Morgan fingerprint density at radius 3 is 2.00 bits per heavy atom. The zero-order valence-corrected chi connectivity index (χ0v) is 10.1. The van der Waals surface area contributed by atoms with Crippen molar-refractivity contribution in [3.8, 4) is 0 Å². The predicted octanol–water partition coefficient (Wildman–Crippen LogP) is 2.11. The summed E-state index contributed by atoms with van der Waals surface area (Å²) in [4.78, 5) is 11.7. The fraction of sp³-hybridized carbons (Fsp3) is 0.900. The number of carbonyl (C=O) groups excluding carboxylic acids is 1. The first kappa shape index (κ1) is 13.2. The van der Waals surface area contributed by atoms with Crippen LogP contribution in [-0.2, 0) is 4.74 Å². The molecular weight excluding hydrogens is 180 g/mol. The summed E-state index contributed by atoms with van der Waals surface area (Å²) < 4.78 is 5.26. The molecule has 4 nitrogen and oxygen atoms in total. The molecule has 0 N–H and O–H groups in total. The van der Waals surface area contributed by atoms with Crippen molar-refractivity contribution < 1.29 is 9.53 Å². The van der Waals surface area contributed by atoms with E-state index in [2.05, 4.69) is 0 Å². The van der Waals surface area contributed by atoms with Crippen molar-refractivity contribution in [3.05, 3.63) is 0 Å². The van der Waals surface area contributed by atoms with Gasteiger partial charge in [0.1, 0.15) is 5.60 Å². The van der Waals surface area contributed by atoms with Gasteiger partial charge in [0.25, 0.3) is 0 Å². The van der Waals surface area contributed by atoms with Gasteiger partial charge in [-0.05, 0) is 27.7 Å². The summed E-state index contributed by atoms with van der Waals surface area (Å²) in [6.45, 7) is 10.9. The van der Waals surface area contributed by atoms with E-state index in [0.717, 1.165) is 6.54 Å². The monoisotopic (exact) mass is 202 g/mol. The van der Waals surface area contributed by atoms with Gasteiger partial charge in [0.05, 0.1) is 0 Å². The van der Waals surface area contributed by atoms with E-state index in [9.17, 15) is 4.79 Å². The largest absolute Gasteiger partial charge is 0.443 e. The number of amides is 1. The minimum absolute atomic E-state index is 0.288. The SMILES string of the molecule is CCN(C)N(CC)C(=O)OC(C)(C)C. The molecule has 0 saturated carbocycles. The molecule has 0 bridgehead atoms. The second-order valence-electron chi connectivity index (χ2n) is 4.17. The molecule has 0 aromatic rings. The maximum absolute atomic E-state index is 11.7. The molecule has 0 rings (SSSR count). The number of carbonyl (C=O) groups is 1. The van der Waals surface area contributed by atoms with Gasteiger partial charge in [-0.25, -0.2) is 14.8 Å². The van der Waals surface area contributed by atoms with Crippen LogP contribution < -0.4 is 0 Å². The van der Waals surface area contributed by atoms with E-state index in [1.54, 1.807) is 5.01 Å². The van der Waals surface area contributed by atoms with Crippen molar-refractivity contribution in [1.29, 1.82) is 0 Å². The highest BCUT2D eigenvalue weighted by Crippen LogP contribution is 2.10. The van der Waals surface area contributed by atoms with Crippen LogP contribution in [0.3, 0.4) is 0 Å². The summed E-state index contributed by atoms with van der Waals surface area (Å²) in [5.41, 5.74) is -0.431. The zero-order valence-electron chi connectivity index (χ0n) is 10.1. The maximum Gasteiger partial charge on any atom is 0.424 e. The topological polar surface area (TPSA) is 32.8 Å². The van der Waals surface area contributed by atoms with Crippen LogP contribution in [0.2, 0.25) is 0 Å². The Kier molecular flexibility index (Phi) is 4.91. The lowest BCUT2D eigenvalue weighted by atomic mass is 10.2. The Labute approximate surface area is 86.8 Å². The van der Waals surface area contributed by atoms with Gasteiger partial charge in [-0.2, -0.15) is 0 Å². The molecule has 0 aliphatic rings. The number of rotatable bonds is 3. The molecule has 14 heavy (non-hydrogen) atoms. The fourth-order valence-corrected chi connectivity index (χ4v) is 0.995. The lowest BCUT2D eigenvalue weighted by molar-refractivity contribution is -0.0343. The van der Waals surface area contributed by atoms with E-state index >= 15 is 0 Å². The smallest absolute Gasteiger partial charge is 0.424 e. The maximum atomic E-state index is 11.7. The summed E-state index contributed by atoms with van der Waals surface area (Å²) in [6.07, 6.45) is -0.288. The summed E-state index contributed by atoms with van der Waals surface area (Å²) >= 11 is 0. The van der Waals surface area contributed by atoms with Crippen molar-refractivity contribution in [2.75, 3.05) is 20.1 Å². The van der Waals surface area contributed by atoms with Gasteiger partial charge in [0.2, 0.25) is 0 Å². The first-order valence-electron chi connectivity index (χ1n) is 5.03. The van der Waals surface area contributed by atoms with E-state index in [0.29, 0.717) is 6.54 Å². The fourth-order valence-electron chi connectivity index (χ4n) is 0.995. The second-order valence-corrected chi connectivity index (χ2v) is 4.17. The van der Waals surface area contributed by atoms with Crippen LogP contribution in [0.1, 0.15) is 34.6 Å². The van der Waals surface area contributed by atoms with Crippen LogP contribution in [0.25, 0.3) is 0 Å². The summed E-state index contributed by atoms with van der Waals surface area (Å²) in [5, 5.41) is 3.43. The van der Waals surface area contributed by atoms with Gasteiger partial charge in [-0.3, -0.25) is 0 Å². The van der Waals surface area contributed by atoms with Gasteiger partial charge in [-0.1, -0.05) is 6.92 Å². The molecular formula is C10H22N2O2. The van der Waals surface area contributed by atoms with E-state index < -0.39 is 5.60 Å². The summed E-state index contributed by atoms with van der Waals surface area (Å²) in [6, 6.07) is 0. The summed E-state index contributed by atoms with van der Waals surface area (Å²) in [7, 11) is 1.87. The molecule has 4 heteroatoms. The van der Waals surface area contributed by atoms with E-state index in [1.165, 1.54) is 0 Å². The zero-order chi connectivity index (χ0) is 11.4. The minimum atomic E-state index is -0.431. The Hall–Kier alpha value is -0.770. The third-order valence-corrected chi connectivity index (χ3v) is 1.77. The van der Waals surface area contributed by atoms with Crippen LogP contribution >= 0.6 is 0 Å². The van der Waals surface area contributed by atoms with E-state index in [-0.39, 0.29) is 6.09 Å². The Morgan fingerprint density at radius 1 is 1.21 bits per heavy atom. The predicted molar refractivity (Wildman–Crippen MR) is 56.9 cm³/mol. The first-order chi connectivity index (χ1) is 6.31. The van der Waals surface area contributed by atoms with E-state index in [4.69, 9.17) is 4.74 Å². The van der Waals surface area contributed by atoms with Gasteiger partial charge < -0.3 is 4.74 Å². The lowest BCUT2D eigenvalue weighted by Crippen LogP contribution is -2.46. The van der Waals surface area contributed by atoms with Gasteiger partial charge in [0, 0.05) is 20.1 Å². The molecule has 0 fully saturated rings. The third kappa shape index (κ3) is 4.46. The molecule has 84 valence electrons. The number of hydrazine groups is 1. The molecule has 0 saturated heterocycles. The molecule has 0 aromatic carbocycles. The molecule has 0 spiro atoms. The van der Waals surface area contributed by atoms with Gasteiger partial charge in [0.15, 0.2) is 0 Å². The molecule has 0 aliphatic heterocycles. The quantitative estimate of drug-likeness (QED) is 0.657. The van der Waals surface area contributed by atoms with Crippen molar-refractivity contribution in [3.63, 3.8) is 0 Å². The third-order valence-electron chi connectivity index (χ3n) is 1.77. The van der Waals surface area contributed by atoms with Gasteiger partial charge >= 0.3 is 6.09 Å². The lowest BCUT2D eigenvalue weighted by Gasteiger charge is -2.32. The first-order valence-corrected chi connectivity index (χ1v) is 5.03. The van der Waals surface area contributed by atoms with Crippen LogP contribution in [0, 0.1) is 0 Å². The molecule has 0 aliphatic carbocycles. The Balaban J connectivity index is 4.33. The van der Waals surface area contributed by atoms with Crippen molar-refractivity contribution in [1.82, 2.24) is 10.0 Å². The molecule has 0 heterocycles. The van der Waals surface area contributed by atoms with Gasteiger partial charge in [-0.15, -0.1) is 0 Å². The standard InChI is InChI=1S/C10H22N2O2/c1-7-11(6)12(8-2)9(13)14-10(3,4)5/h7-8H2,1-6H3. The average Bonchev–Trinajstić information content (AvgIpc) is 2.01. The highest BCUT2D eigenvalue weighted by Gasteiger charge is 2.22. The van der Waals surface area contributed by atoms with E-state index in [1.807, 2.05) is 46.7 Å². The molecule has 1 amide bonds. The Morgan fingerprint density at radius 2 is 1.71 bits per heavy atom. The van der Waals surface area contributed by atoms with Crippen molar-refractivity contribution >= 4 is 6.09 Å². The number of nitrogens with zero attached hydrogens (tertiary/aromatic N) is 2. The number of hydrogen-bond donors (Lipinski definition) is 0. The highest BCUT2D eigenvalue weighted by atomic mass is 16.6. The van der Waals surface area contributed by atoms with Crippen LogP contribution in [0.4, 0.5) is 4.79 Å². The number of hydrogen-bond acceptors (Lipinski definition) is 3. The molecule has 0 atom stereocenters. The minimum Gasteiger partial charge on any atom is -0.443 e. The van der Waals surface area contributed by atoms with Crippen LogP contribution in [-0.4, -0.2) is 41.8 Å². The van der Waals surface area contributed by atoms with Crippen molar-refractivity contribution in [2.24, 2.45) is 0 Å². The summed E-state index contributed by atoms with van der Waals surface area (Å²) in [5.74, 6) is 0. The normalized spacial score (nSPS) is 11.6. The average molecular weight is 202 g/mol. The molecule has 0 unspecified atom stereocenters. The Bertz CT molecular complexity index is 187. The second kappa shape index (κ2) is 5.20. The number of ether oxygens (including phenoxy) is 1. The molecule has 0 aromatic heterocycles. The van der Waals surface area contributed by atoms with Crippen LogP contribution in [0.5, 0.6) is 0 Å². The van der Waals surface area contributed by atoms with Crippen molar-refractivity contribution in [2.45, 2.75) is 40.2 Å².